The third-order valence-corrected chi connectivity index (χ3v) is 9.28. The Labute approximate surface area is 250 Å². The van der Waals surface area contributed by atoms with Gasteiger partial charge >= 0.3 is 0 Å². The summed E-state index contributed by atoms with van der Waals surface area (Å²) in [4.78, 5) is 0. The van der Waals surface area contributed by atoms with Crippen molar-refractivity contribution in [3.05, 3.63) is 186 Å². The van der Waals surface area contributed by atoms with E-state index in [1.165, 1.54) is 66.1 Å². The minimum Gasteiger partial charge on any atom is -0.456 e. The lowest BCUT2D eigenvalue weighted by Gasteiger charge is -2.37. The minimum absolute atomic E-state index is 0.190. The first kappa shape index (κ1) is 24.2. The molecule has 0 bridgehead atoms. The molecule has 7 aromatic rings. The van der Waals surface area contributed by atoms with E-state index < -0.39 is 0 Å². The summed E-state index contributed by atoms with van der Waals surface area (Å²) in [6.07, 6.45) is 9.14. The van der Waals surface area contributed by atoms with Crippen molar-refractivity contribution in [2.24, 2.45) is 5.92 Å². The van der Waals surface area contributed by atoms with E-state index in [9.17, 15) is 0 Å². The Morgan fingerprint density at radius 3 is 2.07 bits per heavy atom. The maximum Gasteiger partial charge on any atom is 0.136 e. The van der Waals surface area contributed by atoms with Crippen LogP contribution < -0.4 is 0 Å². The van der Waals surface area contributed by atoms with Crippen molar-refractivity contribution < 1.29 is 4.42 Å². The van der Waals surface area contributed by atoms with E-state index in [-0.39, 0.29) is 11.8 Å². The molecule has 0 N–H and O–H groups in total. The molecule has 1 heteroatoms. The predicted molar refractivity (Wildman–Crippen MR) is 179 cm³/mol. The molecule has 43 heavy (non-hydrogen) atoms. The molecular weight excluding hydrogens is 520 g/mol. The van der Waals surface area contributed by atoms with Gasteiger partial charge in [-0.25, -0.2) is 0 Å². The van der Waals surface area contributed by atoms with Crippen molar-refractivity contribution >= 4 is 38.3 Å². The standard InChI is InChI=1S/C42H28O/c1-2-12-27(13-3-1)31-16-6-7-17-32(31)42-35-20-10-8-18-33(35)41(34-19-9-11-21-36(34)42)30-22-23-39-37(25-30)38-24-28-14-4-5-15-29(28)26-40(38)43-39/h1-26,33,41H. The van der Waals surface area contributed by atoms with Crippen molar-refractivity contribution in [3.8, 4) is 11.1 Å². The van der Waals surface area contributed by atoms with Crippen LogP contribution in [-0.4, -0.2) is 0 Å². The molecule has 0 spiro atoms. The number of benzene rings is 6. The Morgan fingerprint density at radius 2 is 1.21 bits per heavy atom. The van der Waals surface area contributed by atoms with Crippen molar-refractivity contribution in [1.29, 1.82) is 0 Å². The van der Waals surface area contributed by atoms with Crippen LogP contribution in [0.3, 0.4) is 0 Å². The van der Waals surface area contributed by atoms with Crippen LogP contribution in [0, 0.1) is 5.92 Å². The third-order valence-electron chi connectivity index (χ3n) is 9.28. The molecule has 2 aliphatic rings. The van der Waals surface area contributed by atoms with E-state index in [0.717, 1.165) is 11.2 Å². The molecule has 0 aliphatic heterocycles. The highest BCUT2D eigenvalue weighted by Crippen LogP contribution is 2.51. The second kappa shape index (κ2) is 9.58. The average Bonchev–Trinajstić information content (AvgIpc) is 3.43. The lowest BCUT2D eigenvalue weighted by atomic mass is 9.66. The highest BCUT2D eigenvalue weighted by Gasteiger charge is 2.36. The zero-order valence-electron chi connectivity index (χ0n) is 23.6. The predicted octanol–water partition coefficient (Wildman–Crippen LogP) is 11.1. The zero-order valence-corrected chi connectivity index (χ0v) is 23.6. The molecule has 1 aromatic heterocycles. The minimum atomic E-state index is 0.190. The van der Waals surface area contributed by atoms with Crippen LogP contribution in [0.2, 0.25) is 0 Å². The second-order valence-electron chi connectivity index (χ2n) is 11.6. The summed E-state index contributed by atoms with van der Waals surface area (Å²) >= 11 is 0. The number of allylic oxidation sites excluding steroid dienone is 5. The van der Waals surface area contributed by atoms with E-state index in [0.29, 0.717) is 0 Å². The monoisotopic (exact) mass is 548 g/mol. The molecule has 6 aromatic carbocycles. The number of hydrogen-bond acceptors (Lipinski definition) is 1. The number of fused-ring (bicyclic) bond motifs is 6. The SMILES string of the molecule is C1=CC2=C(c3ccccc3-c3ccccc3)c3ccccc3C(c3ccc4oc5cc6ccccc6cc5c4c3)C2C=C1. The van der Waals surface area contributed by atoms with E-state index >= 15 is 0 Å². The molecule has 202 valence electrons. The fourth-order valence-corrected chi connectivity index (χ4v) is 7.37. The first-order valence-corrected chi connectivity index (χ1v) is 15.0. The van der Waals surface area contributed by atoms with E-state index in [1.54, 1.807) is 0 Å². The Morgan fingerprint density at radius 1 is 0.512 bits per heavy atom. The summed E-state index contributed by atoms with van der Waals surface area (Å²) in [5.41, 5.74) is 12.4. The largest absolute Gasteiger partial charge is 0.456 e. The van der Waals surface area contributed by atoms with Gasteiger partial charge in [0.25, 0.3) is 0 Å². The number of rotatable bonds is 3. The molecule has 9 rings (SSSR count). The summed E-state index contributed by atoms with van der Waals surface area (Å²) in [6.45, 7) is 0. The van der Waals surface area contributed by atoms with E-state index in [1.807, 2.05) is 0 Å². The van der Waals surface area contributed by atoms with Gasteiger partial charge in [-0.2, -0.15) is 0 Å². The summed E-state index contributed by atoms with van der Waals surface area (Å²) in [5.74, 6) is 0.407. The zero-order chi connectivity index (χ0) is 28.3. The molecule has 1 heterocycles. The van der Waals surface area contributed by atoms with E-state index in [2.05, 4.69) is 158 Å². The normalized spacial score (nSPS) is 17.5. The van der Waals surface area contributed by atoms with Crippen LogP contribution in [0.1, 0.15) is 28.2 Å². The summed E-state index contributed by atoms with van der Waals surface area (Å²) < 4.78 is 6.37. The summed E-state index contributed by atoms with van der Waals surface area (Å²) in [7, 11) is 0. The Balaban J connectivity index is 1.27. The van der Waals surface area contributed by atoms with Gasteiger partial charge in [0, 0.05) is 22.6 Å². The lowest BCUT2D eigenvalue weighted by molar-refractivity contribution is 0.647. The second-order valence-corrected chi connectivity index (χ2v) is 11.6. The van der Waals surface area contributed by atoms with Gasteiger partial charge in [-0.1, -0.05) is 133 Å². The Kier molecular flexibility index (Phi) is 5.39. The molecule has 1 nitrogen and oxygen atoms in total. The lowest BCUT2D eigenvalue weighted by Crippen LogP contribution is -2.23. The topological polar surface area (TPSA) is 13.1 Å². The van der Waals surface area contributed by atoms with Crippen LogP contribution >= 0.6 is 0 Å². The van der Waals surface area contributed by atoms with Gasteiger partial charge in [-0.05, 0) is 79.6 Å². The van der Waals surface area contributed by atoms with Gasteiger partial charge < -0.3 is 4.42 Å². The van der Waals surface area contributed by atoms with E-state index in [4.69, 9.17) is 4.42 Å². The van der Waals surface area contributed by atoms with Crippen molar-refractivity contribution in [2.75, 3.05) is 0 Å². The average molecular weight is 549 g/mol. The van der Waals surface area contributed by atoms with Crippen LogP contribution in [0.5, 0.6) is 0 Å². The first-order chi connectivity index (χ1) is 21.3. The van der Waals surface area contributed by atoms with Gasteiger partial charge in [0.15, 0.2) is 0 Å². The molecular formula is C42H28O. The van der Waals surface area contributed by atoms with Crippen LogP contribution in [0.25, 0.3) is 49.4 Å². The van der Waals surface area contributed by atoms with Crippen LogP contribution in [0.15, 0.2) is 168 Å². The van der Waals surface area contributed by atoms with Crippen LogP contribution in [0.4, 0.5) is 0 Å². The highest BCUT2D eigenvalue weighted by atomic mass is 16.3. The Hall–Kier alpha value is -5.40. The molecule has 0 saturated heterocycles. The van der Waals surface area contributed by atoms with Gasteiger partial charge in [-0.3, -0.25) is 0 Å². The molecule has 0 amide bonds. The van der Waals surface area contributed by atoms with Gasteiger partial charge in [-0.15, -0.1) is 0 Å². The Bertz CT molecular complexity index is 2290. The maximum atomic E-state index is 6.37. The molecule has 0 fully saturated rings. The van der Waals surface area contributed by atoms with Crippen LogP contribution in [-0.2, 0) is 0 Å². The van der Waals surface area contributed by atoms with Crippen molar-refractivity contribution in [2.45, 2.75) is 5.92 Å². The molecule has 2 aliphatic carbocycles. The first-order valence-electron chi connectivity index (χ1n) is 15.0. The van der Waals surface area contributed by atoms with Gasteiger partial charge in [0.2, 0.25) is 0 Å². The molecule has 0 radical (unpaired) electrons. The third kappa shape index (κ3) is 3.78. The fourth-order valence-electron chi connectivity index (χ4n) is 7.37. The summed E-state index contributed by atoms with van der Waals surface area (Å²) in [5, 5.41) is 4.79. The number of hydrogen-bond donors (Lipinski definition) is 0. The van der Waals surface area contributed by atoms with Crippen molar-refractivity contribution in [1.82, 2.24) is 0 Å². The molecule has 2 atom stereocenters. The number of furan rings is 1. The smallest absolute Gasteiger partial charge is 0.136 e. The molecule has 0 saturated carbocycles. The quantitative estimate of drug-likeness (QED) is 0.214. The van der Waals surface area contributed by atoms with Gasteiger partial charge in [0.1, 0.15) is 11.2 Å². The summed E-state index contributed by atoms with van der Waals surface area (Å²) in [6, 6.07) is 48.4. The maximum absolute atomic E-state index is 6.37. The molecule has 2 unspecified atom stereocenters. The van der Waals surface area contributed by atoms with Crippen molar-refractivity contribution in [3.63, 3.8) is 0 Å². The highest BCUT2D eigenvalue weighted by molar-refractivity contribution is 6.10. The van der Waals surface area contributed by atoms with Gasteiger partial charge in [0.05, 0.1) is 0 Å². The fraction of sp³-hybridized carbons (Fsp3) is 0.0476.